The molecule has 1 saturated heterocycles. The highest BCUT2D eigenvalue weighted by Crippen LogP contribution is 2.39. The number of nitrogens with zero attached hydrogens (tertiary/aromatic N) is 4. The first-order valence-electron chi connectivity index (χ1n) is 11.9. The summed E-state index contributed by atoms with van der Waals surface area (Å²) in [6.45, 7) is -0.0335. The monoisotopic (exact) mass is 553 g/mol. The normalized spacial score (nSPS) is 19.8. The van der Waals surface area contributed by atoms with E-state index in [1.165, 1.54) is 11.8 Å². The van der Waals surface area contributed by atoms with Crippen molar-refractivity contribution in [2.45, 2.75) is 41.6 Å². The standard InChI is InChI=1S/C26H27N5O5S2/c1-31-26(27-29-30-31)37-17-22-15-24(19-12-10-18(16-32)11-13-19)36-25(35-22)20-6-5-7-21(14-20)28-38(33,34)23-8-3-2-4-9-23/h2-14,22,24-25,28,32H,15-17H2,1H3/t22-,24+,25+/m1/s1. The summed E-state index contributed by atoms with van der Waals surface area (Å²) in [7, 11) is -1.97. The summed E-state index contributed by atoms with van der Waals surface area (Å²) in [5.74, 6) is 0.597. The van der Waals surface area contributed by atoms with E-state index in [1.807, 2.05) is 30.3 Å². The van der Waals surface area contributed by atoms with Crippen LogP contribution in [0, 0.1) is 0 Å². The zero-order chi connectivity index (χ0) is 26.5. The molecule has 5 rings (SSSR count). The molecule has 1 aliphatic heterocycles. The molecular weight excluding hydrogens is 526 g/mol. The van der Waals surface area contributed by atoms with Crippen LogP contribution in [0.2, 0.25) is 0 Å². The second-order valence-corrected chi connectivity index (χ2v) is 11.5. The van der Waals surface area contributed by atoms with Crippen molar-refractivity contribution in [3.05, 3.63) is 95.6 Å². The van der Waals surface area contributed by atoms with Gasteiger partial charge >= 0.3 is 0 Å². The molecule has 2 heterocycles. The van der Waals surface area contributed by atoms with Crippen molar-refractivity contribution in [2.75, 3.05) is 10.5 Å². The van der Waals surface area contributed by atoms with Gasteiger partial charge in [0.25, 0.3) is 10.0 Å². The number of ether oxygens (including phenoxy) is 2. The summed E-state index contributed by atoms with van der Waals surface area (Å²) < 4.78 is 42.6. The zero-order valence-electron chi connectivity index (χ0n) is 20.5. The van der Waals surface area contributed by atoms with E-state index >= 15 is 0 Å². The second kappa shape index (κ2) is 11.6. The fourth-order valence-electron chi connectivity index (χ4n) is 4.10. The number of sulfonamides is 1. The molecule has 12 heteroatoms. The number of tetrazole rings is 1. The number of rotatable bonds is 9. The average Bonchev–Trinajstić information content (AvgIpc) is 3.36. The molecule has 0 aliphatic carbocycles. The number of hydrogen-bond donors (Lipinski definition) is 2. The van der Waals surface area contributed by atoms with Crippen molar-refractivity contribution < 1.29 is 23.0 Å². The third kappa shape index (κ3) is 6.22. The first kappa shape index (κ1) is 26.3. The Morgan fingerprint density at radius 3 is 2.53 bits per heavy atom. The van der Waals surface area contributed by atoms with Gasteiger partial charge in [-0.25, -0.2) is 13.1 Å². The Balaban J connectivity index is 1.38. The lowest BCUT2D eigenvalue weighted by molar-refractivity contribution is -0.245. The van der Waals surface area contributed by atoms with Crippen LogP contribution in [0.4, 0.5) is 5.69 Å². The minimum Gasteiger partial charge on any atom is -0.392 e. The maximum absolute atomic E-state index is 12.8. The zero-order valence-corrected chi connectivity index (χ0v) is 22.2. The molecule has 0 spiro atoms. The van der Waals surface area contributed by atoms with Crippen LogP contribution < -0.4 is 4.72 Å². The van der Waals surface area contributed by atoms with Crippen molar-refractivity contribution in [1.29, 1.82) is 0 Å². The van der Waals surface area contributed by atoms with E-state index in [0.717, 1.165) is 11.1 Å². The summed E-state index contributed by atoms with van der Waals surface area (Å²) in [4.78, 5) is 0.178. The van der Waals surface area contributed by atoms with E-state index in [9.17, 15) is 13.5 Å². The molecule has 3 aromatic carbocycles. The fraction of sp³-hybridized carbons (Fsp3) is 0.269. The third-order valence-electron chi connectivity index (χ3n) is 6.06. The van der Waals surface area contributed by atoms with Crippen molar-refractivity contribution in [2.24, 2.45) is 7.05 Å². The minimum atomic E-state index is -3.75. The van der Waals surface area contributed by atoms with Crippen LogP contribution in [0.5, 0.6) is 0 Å². The van der Waals surface area contributed by atoms with Gasteiger partial charge in [-0.3, -0.25) is 4.72 Å². The topological polar surface area (TPSA) is 128 Å². The van der Waals surface area contributed by atoms with Crippen molar-refractivity contribution in [3.63, 3.8) is 0 Å². The van der Waals surface area contributed by atoms with Gasteiger partial charge in [0.15, 0.2) is 6.29 Å². The highest BCUT2D eigenvalue weighted by atomic mass is 32.2. The predicted molar refractivity (Wildman–Crippen MR) is 142 cm³/mol. The number of thioether (sulfide) groups is 1. The average molecular weight is 554 g/mol. The van der Waals surface area contributed by atoms with E-state index in [4.69, 9.17) is 9.47 Å². The van der Waals surface area contributed by atoms with Gasteiger partial charge in [0, 0.05) is 30.5 Å². The molecule has 198 valence electrons. The Morgan fingerprint density at radius 2 is 1.82 bits per heavy atom. The molecule has 0 amide bonds. The molecule has 2 N–H and O–H groups in total. The summed E-state index contributed by atoms with van der Waals surface area (Å²) in [5, 5.41) is 21.7. The van der Waals surface area contributed by atoms with Gasteiger partial charge in [-0.05, 0) is 45.8 Å². The van der Waals surface area contributed by atoms with Crippen LogP contribution in [-0.4, -0.2) is 45.6 Å². The summed E-state index contributed by atoms with van der Waals surface area (Å²) in [6.07, 6.45) is -0.583. The molecule has 0 radical (unpaired) electrons. The van der Waals surface area contributed by atoms with Gasteiger partial charge in [-0.1, -0.05) is 66.4 Å². The van der Waals surface area contributed by atoms with E-state index < -0.39 is 16.3 Å². The van der Waals surface area contributed by atoms with Crippen molar-refractivity contribution >= 4 is 27.5 Å². The number of benzene rings is 3. The molecule has 3 atom stereocenters. The lowest BCUT2D eigenvalue weighted by Gasteiger charge is -2.36. The van der Waals surface area contributed by atoms with E-state index in [2.05, 4.69) is 20.2 Å². The molecule has 1 aliphatic rings. The Labute approximate surface area is 225 Å². The molecule has 38 heavy (non-hydrogen) atoms. The van der Waals surface area contributed by atoms with Gasteiger partial charge in [-0.2, -0.15) is 0 Å². The smallest absolute Gasteiger partial charge is 0.261 e. The number of aliphatic hydroxyl groups is 1. The molecule has 0 bridgehead atoms. The van der Waals surface area contributed by atoms with Crippen LogP contribution in [-0.2, 0) is 33.2 Å². The Hall–Kier alpha value is -3.29. The molecule has 0 saturated carbocycles. The molecule has 1 aromatic heterocycles. The molecule has 4 aromatic rings. The van der Waals surface area contributed by atoms with Crippen LogP contribution in [0.3, 0.4) is 0 Å². The first-order chi connectivity index (χ1) is 18.4. The summed E-state index contributed by atoms with van der Waals surface area (Å²) in [6, 6.07) is 22.9. The number of aryl methyl sites for hydroxylation is 1. The quantitative estimate of drug-likeness (QED) is 0.297. The summed E-state index contributed by atoms with van der Waals surface area (Å²) in [5.41, 5.74) is 2.87. The van der Waals surface area contributed by atoms with Crippen LogP contribution in [0.25, 0.3) is 0 Å². The maximum Gasteiger partial charge on any atom is 0.261 e. The largest absolute Gasteiger partial charge is 0.392 e. The number of hydrogen-bond acceptors (Lipinski definition) is 9. The molecule has 1 fully saturated rings. The van der Waals surface area contributed by atoms with Gasteiger partial charge in [0.05, 0.1) is 23.7 Å². The number of aliphatic hydroxyl groups excluding tert-OH is 1. The third-order valence-corrected chi connectivity index (χ3v) is 8.60. The van der Waals surface area contributed by atoms with Crippen LogP contribution in [0.15, 0.2) is 88.9 Å². The summed E-state index contributed by atoms with van der Waals surface area (Å²) >= 11 is 1.49. The highest BCUT2D eigenvalue weighted by Gasteiger charge is 2.33. The lowest BCUT2D eigenvalue weighted by atomic mass is 10.0. The van der Waals surface area contributed by atoms with Gasteiger partial charge in [-0.15, -0.1) is 5.10 Å². The van der Waals surface area contributed by atoms with Crippen LogP contribution >= 0.6 is 11.8 Å². The van der Waals surface area contributed by atoms with E-state index in [-0.39, 0.29) is 23.7 Å². The minimum absolute atomic E-state index is 0.0335. The Kier molecular flexibility index (Phi) is 8.05. The Bertz CT molecular complexity index is 1460. The Morgan fingerprint density at radius 1 is 1.03 bits per heavy atom. The molecule has 0 unspecified atom stereocenters. The van der Waals surface area contributed by atoms with E-state index in [1.54, 1.807) is 60.3 Å². The second-order valence-electron chi connectivity index (χ2n) is 8.79. The molecule has 10 nitrogen and oxygen atoms in total. The number of nitrogens with one attached hydrogen (secondary N) is 1. The first-order valence-corrected chi connectivity index (χ1v) is 14.4. The molecular formula is C26H27N5O5S2. The van der Waals surface area contributed by atoms with Crippen molar-refractivity contribution in [3.8, 4) is 0 Å². The van der Waals surface area contributed by atoms with Gasteiger partial charge in [0.1, 0.15) is 0 Å². The van der Waals surface area contributed by atoms with Gasteiger partial charge in [0.2, 0.25) is 5.16 Å². The van der Waals surface area contributed by atoms with Gasteiger partial charge < -0.3 is 14.6 Å². The SMILES string of the molecule is Cn1nnnc1SC[C@H]1C[C@@H](c2ccc(CO)cc2)O[C@@H](c2cccc(NS(=O)(=O)c3ccccc3)c2)O1. The number of aromatic nitrogens is 4. The fourth-order valence-corrected chi connectivity index (χ4v) is 6.03. The maximum atomic E-state index is 12.8. The lowest BCUT2D eigenvalue weighted by Crippen LogP contribution is -2.31. The highest BCUT2D eigenvalue weighted by molar-refractivity contribution is 7.99. The predicted octanol–water partition coefficient (Wildman–Crippen LogP) is 3.84. The van der Waals surface area contributed by atoms with Crippen molar-refractivity contribution in [1.82, 2.24) is 20.2 Å². The van der Waals surface area contributed by atoms with E-state index in [0.29, 0.717) is 28.6 Å². The van der Waals surface area contributed by atoms with Crippen LogP contribution in [0.1, 0.15) is 35.5 Å². The number of anilines is 1.